The quantitative estimate of drug-likeness (QED) is 0.638. The maximum Gasteiger partial charge on any atom is 0.501 e. The summed E-state index contributed by atoms with van der Waals surface area (Å²) in [6.07, 6.45) is 0. The molecule has 0 aliphatic carbocycles. The summed E-state index contributed by atoms with van der Waals surface area (Å²) in [5.74, 6) is -0.765. The van der Waals surface area contributed by atoms with Crippen molar-refractivity contribution in [2.45, 2.75) is 17.3 Å². The van der Waals surface area contributed by atoms with Crippen molar-refractivity contribution in [3.63, 3.8) is 0 Å². The minimum Gasteiger partial charge on any atom is -0.322 e. The summed E-state index contributed by atoms with van der Waals surface area (Å²) in [6.45, 7) is 1.52. The maximum absolute atomic E-state index is 12.5. The van der Waals surface area contributed by atoms with Crippen LogP contribution in [0.5, 0.6) is 0 Å². The number of rotatable bonds is 4. The van der Waals surface area contributed by atoms with Gasteiger partial charge >= 0.3 is 5.51 Å². The number of nitro benzene ring substituents is 1. The van der Waals surface area contributed by atoms with Crippen molar-refractivity contribution in [1.29, 1.82) is 0 Å². The molecular weight excluding hydrogens is 377 g/mol. The number of hydrogen-bond acceptors (Lipinski definition) is 5. The highest BCUT2D eigenvalue weighted by molar-refractivity contribution is 7.92. The van der Waals surface area contributed by atoms with Gasteiger partial charge in [0.25, 0.3) is 21.4 Å². The molecule has 2 aromatic carbocycles. The number of nitrogens with one attached hydrogen (secondary N) is 1. The lowest BCUT2D eigenvalue weighted by molar-refractivity contribution is -0.385. The molecule has 26 heavy (non-hydrogen) atoms. The van der Waals surface area contributed by atoms with Gasteiger partial charge in [-0.15, -0.1) is 0 Å². The molecule has 0 aromatic heterocycles. The van der Waals surface area contributed by atoms with Crippen LogP contribution in [-0.4, -0.2) is 24.8 Å². The molecule has 138 valence electrons. The van der Waals surface area contributed by atoms with Crippen molar-refractivity contribution >= 4 is 27.1 Å². The van der Waals surface area contributed by atoms with Crippen LogP contribution in [0.3, 0.4) is 0 Å². The fraction of sp³-hybridized carbons (Fsp3) is 0.133. The molecule has 11 heteroatoms. The molecule has 0 aliphatic rings. The first kappa shape index (κ1) is 19.4. The molecule has 0 spiro atoms. The van der Waals surface area contributed by atoms with Crippen LogP contribution >= 0.6 is 0 Å². The number of anilines is 1. The third kappa shape index (κ3) is 3.82. The molecule has 0 radical (unpaired) electrons. The van der Waals surface area contributed by atoms with Gasteiger partial charge in [0.15, 0.2) is 0 Å². The second-order valence-corrected chi connectivity index (χ2v) is 7.13. The van der Waals surface area contributed by atoms with Crippen molar-refractivity contribution < 1.29 is 31.3 Å². The first-order chi connectivity index (χ1) is 11.9. The lowest BCUT2D eigenvalue weighted by atomic mass is 10.1. The van der Waals surface area contributed by atoms with Gasteiger partial charge in [-0.2, -0.15) is 13.2 Å². The first-order valence-electron chi connectivity index (χ1n) is 6.91. The van der Waals surface area contributed by atoms with Gasteiger partial charge in [0.05, 0.1) is 9.82 Å². The van der Waals surface area contributed by atoms with Gasteiger partial charge in [-0.3, -0.25) is 14.9 Å². The predicted molar refractivity (Wildman–Crippen MR) is 85.5 cm³/mol. The van der Waals surface area contributed by atoms with Crippen LogP contribution in [0.4, 0.5) is 24.5 Å². The summed E-state index contributed by atoms with van der Waals surface area (Å²) < 4.78 is 60.0. The van der Waals surface area contributed by atoms with Crippen LogP contribution in [0.1, 0.15) is 15.9 Å². The standard InChI is InChI=1S/C15H11F3N2O5S/c1-9-2-5-11(8-13(9)20(22)23)19-14(21)10-3-6-12(7-4-10)26(24,25)15(16,17)18/h2-8H,1H3,(H,19,21). The lowest BCUT2D eigenvalue weighted by Gasteiger charge is -2.09. The van der Waals surface area contributed by atoms with Gasteiger partial charge in [-0.1, -0.05) is 6.07 Å². The number of nitrogens with zero attached hydrogens (tertiary/aromatic N) is 1. The van der Waals surface area contributed by atoms with Gasteiger partial charge in [-0.05, 0) is 37.3 Å². The SMILES string of the molecule is Cc1ccc(NC(=O)c2ccc(S(=O)(=O)C(F)(F)F)cc2)cc1[N+](=O)[O-]. The average molecular weight is 388 g/mol. The highest BCUT2D eigenvalue weighted by Gasteiger charge is 2.46. The van der Waals surface area contributed by atoms with Crippen LogP contribution in [0, 0.1) is 17.0 Å². The number of benzene rings is 2. The Morgan fingerprint density at radius 3 is 2.19 bits per heavy atom. The molecule has 0 heterocycles. The molecule has 0 saturated carbocycles. The number of amides is 1. The maximum atomic E-state index is 12.5. The van der Waals surface area contributed by atoms with Crippen molar-refractivity contribution in [3.8, 4) is 0 Å². The van der Waals surface area contributed by atoms with E-state index in [0.29, 0.717) is 17.7 Å². The molecule has 0 atom stereocenters. The molecule has 7 nitrogen and oxygen atoms in total. The monoisotopic (exact) mass is 388 g/mol. The van der Waals surface area contributed by atoms with Gasteiger partial charge < -0.3 is 5.32 Å². The molecule has 0 saturated heterocycles. The molecule has 1 amide bonds. The third-order valence-corrected chi connectivity index (χ3v) is 4.90. The number of carbonyl (C=O) groups excluding carboxylic acids is 1. The van der Waals surface area contributed by atoms with E-state index in [-0.39, 0.29) is 16.9 Å². The Balaban J connectivity index is 2.24. The van der Waals surface area contributed by atoms with Gasteiger partial charge in [0.1, 0.15) is 0 Å². The zero-order valence-electron chi connectivity index (χ0n) is 13.1. The molecule has 2 aromatic rings. The van der Waals surface area contributed by atoms with Crippen LogP contribution in [0.25, 0.3) is 0 Å². The molecule has 0 bridgehead atoms. The third-order valence-electron chi connectivity index (χ3n) is 3.40. The summed E-state index contributed by atoms with van der Waals surface area (Å²) in [6, 6.07) is 7.13. The lowest BCUT2D eigenvalue weighted by Crippen LogP contribution is -2.23. The van der Waals surface area contributed by atoms with E-state index in [4.69, 9.17) is 0 Å². The second-order valence-electron chi connectivity index (χ2n) is 5.19. The largest absolute Gasteiger partial charge is 0.501 e. The number of alkyl halides is 3. The molecule has 1 N–H and O–H groups in total. The Morgan fingerprint density at radius 1 is 1.12 bits per heavy atom. The molecule has 0 unspecified atom stereocenters. The number of hydrogen-bond donors (Lipinski definition) is 1. The van der Waals surface area contributed by atoms with E-state index in [1.807, 2.05) is 0 Å². The van der Waals surface area contributed by atoms with Crippen LogP contribution in [0.2, 0.25) is 0 Å². The Morgan fingerprint density at radius 2 is 1.69 bits per heavy atom. The fourth-order valence-electron chi connectivity index (χ4n) is 2.01. The van der Waals surface area contributed by atoms with E-state index in [2.05, 4.69) is 5.32 Å². The molecule has 2 rings (SSSR count). The predicted octanol–water partition coefficient (Wildman–Crippen LogP) is 3.45. The summed E-state index contributed by atoms with van der Waals surface area (Å²) in [5.41, 5.74) is -5.28. The summed E-state index contributed by atoms with van der Waals surface area (Å²) >= 11 is 0. The van der Waals surface area contributed by atoms with Crippen molar-refractivity contribution in [2.24, 2.45) is 0 Å². The molecular formula is C15H11F3N2O5S. The number of nitro groups is 1. The van der Waals surface area contributed by atoms with E-state index < -0.39 is 31.1 Å². The van der Waals surface area contributed by atoms with E-state index in [1.54, 1.807) is 0 Å². The Kier molecular flexibility index (Phi) is 5.03. The minimum absolute atomic E-state index is 0.110. The Hall–Kier alpha value is -2.95. The van der Waals surface area contributed by atoms with Gasteiger partial charge in [-0.25, -0.2) is 8.42 Å². The van der Waals surface area contributed by atoms with E-state index >= 15 is 0 Å². The number of aryl methyl sites for hydroxylation is 1. The smallest absolute Gasteiger partial charge is 0.322 e. The van der Waals surface area contributed by atoms with E-state index in [0.717, 1.165) is 18.2 Å². The zero-order chi connectivity index (χ0) is 19.7. The summed E-state index contributed by atoms with van der Waals surface area (Å²) in [4.78, 5) is 21.4. The number of carbonyl (C=O) groups is 1. The van der Waals surface area contributed by atoms with Crippen molar-refractivity contribution in [2.75, 3.05) is 5.32 Å². The van der Waals surface area contributed by atoms with E-state index in [9.17, 15) is 36.5 Å². The van der Waals surface area contributed by atoms with E-state index in [1.165, 1.54) is 19.1 Å². The topological polar surface area (TPSA) is 106 Å². The second kappa shape index (κ2) is 6.75. The molecule has 0 aliphatic heterocycles. The van der Waals surface area contributed by atoms with Gasteiger partial charge in [0.2, 0.25) is 0 Å². The van der Waals surface area contributed by atoms with Crippen molar-refractivity contribution in [3.05, 3.63) is 63.7 Å². The number of halogens is 3. The highest BCUT2D eigenvalue weighted by Crippen LogP contribution is 2.30. The summed E-state index contributed by atoms with van der Waals surface area (Å²) in [7, 11) is -5.50. The minimum atomic E-state index is -5.50. The average Bonchev–Trinajstić information content (AvgIpc) is 2.55. The Bertz CT molecular complexity index is 970. The zero-order valence-corrected chi connectivity index (χ0v) is 13.9. The highest BCUT2D eigenvalue weighted by atomic mass is 32.2. The summed E-state index contributed by atoms with van der Waals surface area (Å²) in [5, 5.41) is 13.2. The van der Waals surface area contributed by atoms with Crippen LogP contribution in [0.15, 0.2) is 47.4 Å². The van der Waals surface area contributed by atoms with Crippen LogP contribution < -0.4 is 5.32 Å². The Labute approximate surface area is 145 Å². The molecule has 0 fully saturated rings. The normalized spacial score (nSPS) is 11.8. The fourth-order valence-corrected chi connectivity index (χ4v) is 2.77. The first-order valence-corrected chi connectivity index (χ1v) is 8.39. The van der Waals surface area contributed by atoms with Crippen LogP contribution in [-0.2, 0) is 9.84 Å². The van der Waals surface area contributed by atoms with Crippen molar-refractivity contribution in [1.82, 2.24) is 0 Å². The number of sulfone groups is 1. The van der Waals surface area contributed by atoms with Gasteiger partial charge in [0, 0.05) is 22.9 Å².